The van der Waals surface area contributed by atoms with Gasteiger partial charge in [-0.05, 0) is 51.5 Å². The second kappa shape index (κ2) is 6.58. The fraction of sp³-hybridized carbons (Fsp3) is 1.00. The van der Waals surface area contributed by atoms with Crippen LogP contribution in [-0.4, -0.2) is 36.8 Å². The SMILES string of the molecule is CCCNC1CCC(N2CCCCO2)CC1. The highest BCUT2D eigenvalue weighted by atomic mass is 16.7. The normalized spacial score (nSPS) is 32.8. The van der Waals surface area contributed by atoms with Crippen LogP contribution in [0.5, 0.6) is 0 Å². The van der Waals surface area contributed by atoms with Crippen LogP contribution in [0.25, 0.3) is 0 Å². The number of hydrogen-bond donors (Lipinski definition) is 1. The van der Waals surface area contributed by atoms with Crippen LogP contribution in [0.3, 0.4) is 0 Å². The lowest BCUT2D eigenvalue weighted by atomic mass is 9.90. The molecule has 1 aliphatic carbocycles. The van der Waals surface area contributed by atoms with Crippen LogP contribution in [-0.2, 0) is 4.84 Å². The van der Waals surface area contributed by atoms with Crippen LogP contribution in [0.1, 0.15) is 51.9 Å². The van der Waals surface area contributed by atoms with Crippen molar-refractivity contribution in [2.45, 2.75) is 64.0 Å². The predicted molar refractivity (Wildman–Crippen MR) is 66.2 cm³/mol. The standard InChI is InChI=1S/C13H26N2O/c1-2-9-14-12-5-7-13(8-6-12)15-10-3-4-11-16-15/h12-14H,2-11H2,1H3. The summed E-state index contributed by atoms with van der Waals surface area (Å²) in [6.07, 6.45) is 9.06. The summed E-state index contributed by atoms with van der Waals surface area (Å²) in [7, 11) is 0. The summed E-state index contributed by atoms with van der Waals surface area (Å²) in [4.78, 5) is 5.75. The molecule has 3 nitrogen and oxygen atoms in total. The van der Waals surface area contributed by atoms with Gasteiger partial charge in [-0.3, -0.25) is 4.84 Å². The largest absolute Gasteiger partial charge is 0.314 e. The van der Waals surface area contributed by atoms with Crippen molar-refractivity contribution in [3.8, 4) is 0 Å². The maximum atomic E-state index is 5.75. The zero-order valence-corrected chi connectivity index (χ0v) is 10.6. The van der Waals surface area contributed by atoms with Gasteiger partial charge in [-0.1, -0.05) is 6.92 Å². The second-order valence-corrected chi connectivity index (χ2v) is 5.14. The molecular formula is C13H26N2O. The number of rotatable bonds is 4. The van der Waals surface area contributed by atoms with Crippen LogP contribution in [0.4, 0.5) is 0 Å². The summed E-state index contributed by atoms with van der Waals surface area (Å²) >= 11 is 0. The van der Waals surface area contributed by atoms with Gasteiger partial charge in [-0.2, -0.15) is 5.06 Å². The molecule has 1 saturated carbocycles. The first-order chi connectivity index (χ1) is 7.90. The molecule has 1 N–H and O–H groups in total. The molecule has 0 amide bonds. The monoisotopic (exact) mass is 226 g/mol. The Morgan fingerprint density at radius 1 is 1.19 bits per heavy atom. The topological polar surface area (TPSA) is 24.5 Å². The van der Waals surface area contributed by atoms with Crippen LogP contribution in [0.15, 0.2) is 0 Å². The molecule has 0 radical (unpaired) electrons. The van der Waals surface area contributed by atoms with Gasteiger partial charge in [-0.25, -0.2) is 0 Å². The number of hydroxylamine groups is 2. The van der Waals surface area contributed by atoms with E-state index < -0.39 is 0 Å². The summed E-state index contributed by atoms with van der Waals surface area (Å²) in [5, 5.41) is 5.90. The van der Waals surface area contributed by atoms with E-state index in [9.17, 15) is 0 Å². The first kappa shape index (κ1) is 12.3. The van der Waals surface area contributed by atoms with Crippen molar-refractivity contribution >= 4 is 0 Å². The molecule has 0 bridgehead atoms. The van der Waals surface area contributed by atoms with E-state index in [0.29, 0.717) is 6.04 Å². The van der Waals surface area contributed by atoms with Crippen LogP contribution < -0.4 is 5.32 Å². The first-order valence-corrected chi connectivity index (χ1v) is 7.03. The van der Waals surface area contributed by atoms with Crippen molar-refractivity contribution in [1.82, 2.24) is 10.4 Å². The lowest BCUT2D eigenvalue weighted by Crippen LogP contribution is -2.44. The summed E-state index contributed by atoms with van der Waals surface area (Å²) < 4.78 is 0. The maximum absolute atomic E-state index is 5.75. The van der Waals surface area contributed by atoms with E-state index in [1.165, 1.54) is 51.5 Å². The molecule has 0 aromatic carbocycles. The third-order valence-corrected chi connectivity index (χ3v) is 3.82. The Bertz CT molecular complexity index is 184. The molecular weight excluding hydrogens is 200 g/mol. The van der Waals surface area contributed by atoms with E-state index in [2.05, 4.69) is 17.3 Å². The molecule has 2 fully saturated rings. The van der Waals surface area contributed by atoms with Crippen molar-refractivity contribution in [3.63, 3.8) is 0 Å². The zero-order valence-electron chi connectivity index (χ0n) is 10.6. The lowest BCUT2D eigenvalue weighted by molar-refractivity contribution is -0.211. The Morgan fingerprint density at radius 3 is 2.62 bits per heavy atom. The van der Waals surface area contributed by atoms with Gasteiger partial charge >= 0.3 is 0 Å². The minimum atomic E-state index is 0.694. The molecule has 1 saturated heterocycles. The molecule has 0 unspecified atom stereocenters. The van der Waals surface area contributed by atoms with Gasteiger partial charge in [0.05, 0.1) is 6.61 Å². The molecule has 94 valence electrons. The highest BCUT2D eigenvalue weighted by Gasteiger charge is 2.27. The van der Waals surface area contributed by atoms with Crippen molar-refractivity contribution < 1.29 is 4.84 Å². The van der Waals surface area contributed by atoms with Crippen LogP contribution in [0, 0.1) is 0 Å². The molecule has 0 spiro atoms. The average Bonchev–Trinajstić information content (AvgIpc) is 2.38. The molecule has 2 rings (SSSR count). The van der Waals surface area contributed by atoms with Crippen molar-refractivity contribution in [1.29, 1.82) is 0 Å². The van der Waals surface area contributed by atoms with E-state index in [0.717, 1.165) is 19.2 Å². The van der Waals surface area contributed by atoms with Gasteiger partial charge in [0.2, 0.25) is 0 Å². The average molecular weight is 226 g/mol. The second-order valence-electron chi connectivity index (χ2n) is 5.14. The van der Waals surface area contributed by atoms with E-state index in [4.69, 9.17) is 4.84 Å². The van der Waals surface area contributed by atoms with Gasteiger partial charge < -0.3 is 5.32 Å². The lowest BCUT2D eigenvalue weighted by Gasteiger charge is -2.38. The summed E-state index contributed by atoms with van der Waals surface area (Å²) in [6, 6.07) is 1.46. The summed E-state index contributed by atoms with van der Waals surface area (Å²) in [6.45, 7) is 5.50. The van der Waals surface area contributed by atoms with E-state index in [-0.39, 0.29) is 0 Å². The Morgan fingerprint density at radius 2 is 2.00 bits per heavy atom. The molecule has 0 aromatic heterocycles. The first-order valence-electron chi connectivity index (χ1n) is 7.03. The highest BCUT2D eigenvalue weighted by Crippen LogP contribution is 2.25. The number of hydrogen-bond acceptors (Lipinski definition) is 3. The fourth-order valence-electron chi connectivity index (χ4n) is 2.82. The summed E-state index contributed by atoms with van der Waals surface area (Å²) in [5.74, 6) is 0. The molecule has 1 heterocycles. The molecule has 0 aromatic rings. The van der Waals surface area contributed by atoms with Gasteiger partial charge in [0.15, 0.2) is 0 Å². The third kappa shape index (κ3) is 3.44. The van der Waals surface area contributed by atoms with E-state index >= 15 is 0 Å². The molecule has 16 heavy (non-hydrogen) atoms. The van der Waals surface area contributed by atoms with Gasteiger partial charge in [0, 0.05) is 18.6 Å². The van der Waals surface area contributed by atoms with E-state index in [1.54, 1.807) is 0 Å². The number of nitrogens with one attached hydrogen (secondary N) is 1. The summed E-state index contributed by atoms with van der Waals surface area (Å²) in [5.41, 5.74) is 0. The minimum absolute atomic E-state index is 0.694. The Labute approximate surface area is 99.5 Å². The predicted octanol–water partition coefficient (Wildman–Crippen LogP) is 2.32. The van der Waals surface area contributed by atoms with Gasteiger partial charge in [0.25, 0.3) is 0 Å². The number of nitrogens with zero attached hydrogens (tertiary/aromatic N) is 1. The molecule has 0 atom stereocenters. The molecule has 1 aliphatic heterocycles. The van der Waals surface area contributed by atoms with Crippen molar-refractivity contribution in [3.05, 3.63) is 0 Å². The van der Waals surface area contributed by atoms with E-state index in [1.807, 2.05) is 0 Å². The molecule has 2 aliphatic rings. The van der Waals surface area contributed by atoms with Crippen LogP contribution in [0.2, 0.25) is 0 Å². The van der Waals surface area contributed by atoms with Gasteiger partial charge in [-0.15, -0.1) is 0 Å². The quantitative estimate of drug-likeness (QED) is 0.796. The molecule has 3 heteroatoms. The maximum Gasteiger partial charge on any atom is 0.0685 e. The van der Waals surface area contributed by atoms with Crippen LogP contribution >= 0.6 is 0 Å². The Hall–Kier alpha value is -0.120. The highest BCUT2D eigenvalue weighted by molar-refractivity contribution is 4.81. The van der Waals surface area contributed by atoms with Crippen molar-refractivity contribution in [2.75, 3.05) is 19.7 Å². The zero-order chi connectivity index (χ0) is 11.2. The smallest absolute Gasteiger partial charge is 0.0685 e. The fourth-order valence-corrected chi connectivity index (χ4v) is 2.82. The third-order valence-electron chi connectivity index (χ3n) is 3.82. The minimum Gasteiger partial charge on any atom is -0.314 e. The van der Waals surface area contributed by atoms with Crippen molar-refractivity contribution in [2.24, 2.45) is 0 Å². The van der Waals surface area contributed by atoms with Gasteiger partial charge in [0.1, 0.15) is 0 Å². The Balaban J connectivity index is 1.67. The Kier molecular flexibility index (Phi) is 5.07.